The highest BCUT2D eigenvalue weighted by Crippen LogP contribution is 2.45. The summed E-state index contributed by atoms with van der Waals surface area (Å²) in [5.41, 5.74) is -0.164. The van der Waals surface area contributed by atoms with Crippen LogP contribution in [0.5, 0.6) is 0 Å². The number of rotatable bonds is 7. The molecule has 16 heteroatoms. The van der Waals surface area contributed by atoms with E-state index in [9.17, 15) is 20.0 Å². The van der Waals surface area contributed by atoms with Gasteiger partial charge in [-0.3, -0.25) is 14.7 Å². The van der Waals surface area contributed by atoms with E-state index in [4.69, 9.17) is 38.3 Å². The maximum absolute atomic E-state index is 14.5. The number of likely N-dealkylation sites (N-methyl/N-ethyl adjacent to an activating group) is 1. The molecule has 1 N–H and O–H groups in total. The highest BCUT2D eigenvalue weighted by molar-refractivity contribution is 5.91. The largest absolute Gasteiger partial charge is 0.458 e. The summed E-state index contributed by atoms with van der Waals surface area (Å²) in [6.07, 6.45) is -3.62. The van der Waals surface area contributed by atoms with Crippen molar-refractivity contribution in [2.75, 3.05) is 40.4 Å². The Balaban J connectivity index is 1.45. The molecule has 6 rings (SSSR count). The molecule has 320 valence electrons. The van der Waals surface area contributed by atoms with Crippen molar-refractivity contribution in [3.63, 3.8) is 0 Å². The fourth-order valence-corrected chi connectivity index (χ4v) is 10.0. The summed E-state index contributed by atoms with van der Waals surface area (Å²) in [4.78, 5) is 46.9. The number of nitrogens with zero attached hydrogens (tertiary/aromatic N) is 6. The van der Waals surface area contributed by atoms with E-state index in [1.807, 2.05) is 59.7 Å². The lowest BCUT2D eigenvalue weighted by Gasteiger charge is -2.48. The van der Waals surface area contributed by atoms with Gasteiger partial charge in [-0.1, -0.05) is 38.9 Å². The number of aromatic nitrogens is 1. The number of hydrogen-bond donors (Lipinski definition) is 1. The Labute approximate surface area is 342 Å². The molecule has 1 aromatic rings. The molecule has 0 aliphatic carbocycles. The normalized spacial score (nSPS) is 40.6. The van der Waals surface area contributed by atoms with E-state index in [2.05, 4.69) is 24.0 Å². The SMILES string of the molecule is CC[C@H]1OC(=O)[C@H](C)[C@H]2OC/C(=N\OCc3cccc(C#N)n3)CO[C@](C)(C[C@@H](C)C3=NCCN4C(=O)O[C@@]1(C)[C@H]4[C@H]3C)[C@H](O[C@H]1O[C@@H](C)C[C@@H](N(C)C)[C@@H]1O)[C@H]2C. The van der Waals surface area contributed by atoms with Gasteiger partial charge in [0.25, 0.3) is 0 Å². The number of amides is 1. The number of aliphatic hydroxyl groups is 1. The standard InChI is InChI=1S/C42H62N6O10/c1-11-32-42(8)36-25(4)33(44-15-16-48(36)40(51)58-42)23(2)18-41(7)37(57-39-34(49)31(47(9)10)17-24(3)55-39)26(5)35(27(6)38(50)56-32)52-20-30(21-53-41)46-54-22-29-14-12-13-28(19-43)45-29/h12-14,23-27,31-32,34-37,39,49H,11,15-18,20-22H2,1-10H3/b46-30+/t23-,24+,25+,26+,27-,31-,32-,34+,35+,36-,37-,39-,41-,42-/m1/s1. The summed E-state index contributed by atoms with van der Waals surface area (Å²) in [5, 5.41) is 25.5. The number of ether oxygens (including phenoxy) is 6. The fourth-order valence-electron chi connectivity index (χ4n) is 10.0. The number of carbonyl (C=O) groups excluding carboxylic acids is 2. The molecule has 58 heavy (non-hydrogen) atoms. The van der Waals surface area contributed by atoms with Gasteiger partial charge in [0.15, 0.2) is 18.5 Å². The van der Waals surface area contributed by atoms with E-state index in [-0.39, 0.29) is 49.5 Å². The molecule has 5 aliphatic rings. The molecule has 6 heterocycles. The van der Waals surface area contributed by atoms with Crippen LogP contribution in [0.1, 0.15) is 86.0 Å². The zero-order valence-corrected chi connectivity index (χ0v) is 35.6. The monoisotopic (exact) mass is 810 g/mol. The van der Waals surface area contributed by atoms with Crippen molar-refractivity contribution >= 4 is 23.5 Å². The number of aliphatic imine (C=N–C) groups is 1. The van der Waals surface area contributed by atoms with Crippen LogP contribution in [0.3, 0.4) is 0 Å². The number of oxime groups is 1. The lowest BCUT2D eigenvalue weighted by molar-refractivity contribution is -0.302. The summed E-state index contributed by atoms with van der Waals surface area (Å²) in [7, 11) is 3.85. The third-order valence-corrected chi connectivity index (χ3v) is 12.9. The van der Waals surface area contributed by atoms with E-state index in [1.165, 1.54) is 0 Å². The zero-order valence-electron chi connectivity index (χ0n) is 35.6. The summed E-state index contributed by atoms with van der Waals surface area (Å²) < 4.78 is 39.6. The fraction of sp³-hybridized carbons (Fsp3) is 0.762. The van der Waals surface area contributed by atoms with E-state index < -0.39 is 71.8 Å². The molecule has 5 aliphatic heterocycles. The molecule has 4 bridgehead atoms. The van der Waals surface area contributed by atoms with Gasteiger partial charge < -0.3 is 43.3 Å². The molecular formula is C42H62N6O10. The number of cyclic esters (lactones) is 1. The van der Waals surface area contributed by atoms with Crippen LogP contribution in [-0.4, -0.2) is 144 Å². The number of aliphatic hydroxyl groups excluding tert-OH is 1. The third kappa shape index (κ3) is 8.76. The Morgan fingerprint density at radius 3 is 2.59 bits per heavy atom. The number of fused-ring (bicyclic) bond motifs is 4. The van der Waals surface area contributed by atoms with Crippen LogP contribution in [0.25, 0.3) is 0 Å². The van der Waals surface area contributed by atoms with Crippen LogP contribution in [0.15, 0.2) is 28.3 Å². The number of nitriles is 1. The van der Waals surface area contributed by atoms with Crippen molar-refractivity contribution in [2.24, 2.45) is 33.8 Å². The molecule has 4 saturated heterocycles. The van der Waals surface area contributed by atoms with Gasteiger partial charge in [-0.15, -0.1) is 0 Å². The smallest absolute Gasteiger partial charge is 0.410 e. The second-order valence-electron chi connectivity index (χ2n) is 17.4. The first kappa shape index (κ1) is 43.8. The summed E-state index contributed by atoms with van der Waals surface area (Å²) in [5.74, 6) is -2.36. The zero-order chi connectivity index (χ0) is 42.1. The molecule has 16 nitrogen and oxygen atoms in total. The molecule has 0 aromatic carbocycles. The molecule has 0 spiro atoms. The first-order valence-corrected chi connectivity index (χ1v) is 20.7. The Kier molecular flexibility index (Phi) is 13.5. The second kappa shape index (κ2) is 17.9. The van der Waals surface area contributed by atoms with Gasteiger partial charge in [-0.25, -0.2) is 9.78 Å². The van der Waals surface area contributed by atoms with E-state index in [1.54, 1.807) is 30.0 Å². The van der Waals surface area contributed by atoms with Gasteiger partial charge in [0.1, 0.15) is 29.7 Å². The number of pyridine rings is 1. The van der Waals surface area contributed by atoms with Gasteiger partial charge in [0, 0.05) is 30.1 Å². The Hall–Kier alpha value is -3.72. The van der Waals surface area contributed by atoms with Gasteiger partial charge in [-0.2, -0.15) is 5.26 Å². The summed E-state index contributed by atoms with van der Waals surface area (Å²) in [6.45, 7) is 16.3. The first-order chi connectivity index (χ1) is 27.5. The molecular weight excluding hydrogens is 748 g/mol. The summed E-state index contributed by atoms with van der Waals surface area (Å²) >= 11 is 0. The molecule has 0 saturated carbocycles. The minimum atomic E-state index is -1.15. The highest BCUT2D eigenvalue weighted by atomic mass is 16.7. The van der Waals surface area contributed by atoms with E-state index in [0.29, 0.717) is 43.8 Å². The van der Waals surface area contributed by atoms with Crippen molar-refractivity contribution in [1.29, 1.82) is 5.26 Å². The van der Waals surface area contributed by atoms with Gasteiger partial charge in [0.05, 0.1) is 61.3 Å². The maximum atomic E-state index is 14.5. The Morgan fingerprint density at radius 1 is 1.12 bits per heavy atom. The van der Waals surface area contributed by atoms with Gasteiger partial charge >= 0.3 is 12.1 Å². The predicted molar refractivity (Wildman–Crippen MR) is 212 cm³/mol. The van der Waals surface area contributed by atoms with E-state index in [0.717, 1.165) is 5.71 Å². The number of esters is 1. The maximum Gasteiger partial charge on any atom is 0.410 e. The minimum Gasteiger partial charge on any atom is -0.458 e. The average Bonchev–Trinajstić information content (AvgIpc) is 3.33. The number of carbonyl (C=O) groups is 2. The molecule has 1 amide bonds. The molecule has 4 fully saturated rings. The second-order valence-corrected chi connectivity index (χ2v) is 17.4. The van der Waals surface area contributed by atoms with Gasteiger partial charge in [0.2, 0.25) is 0 Å². The average molecular weight is 811 g/mol. The van der Waals surface area contributed by atoms with Crippen molar-refractivity contribution in [1.82, 2.24) is 14.8 Å². The van der Waals surface area contributed by atoms with Crippen LogP contribution < -0.4 is 0 Å². The molecule has 0 radical (unpaired) electrons. The van der Waals surface area contributed by atoms with Crippen LogP contribution in [0.4, 0.5) is 4.79 Å². The molecule has 14 atom stereocenters. The van der Waals surface area contributed by atoms with Crippen molar-refractivity contribution in [3.05, 3.63) is 29.6 Å². The predicted octanol–water partition coefficient (Wildman–Crippen LogP) is 4.12. The van der Waals surface area contributed by atoms with Crippen LogP contribution in [0, 0.1) is 35.0 Å². The highest BCUT2D eigenvalue weighted by Gasteiger charge is 2.60. The number of hydrogen-bond acceptors (Lipinski definition) is 15. The van der Waals surface area contributed by atoms with E-state index >= 15 is 0 Å². The minimum absolute atomic E-state index is 0.00139. The lowest BCUT2D eigenvalue weighted by Crippen LogP contribution is -2.60. The molecule has 0 unspecified atom stereocenters. The Morgan fingerprint density at radius 2 is 1.88 bits per heavy atom. The van der Waals surface area contributed by atoms with Gasteiger partial charge in [-0.05, 0) is 79.1 Å². The topological polar surface area (TPSA) is 187 Å². The van der Waals surface area contributed by atoms with Crippen LogP contribution in [-0.2, 0) is 44.7 Å². The molecule has 1 aromatic heterocycles. The van der Waals surface area contributed by atoms with Crippen molar-refractivity contribution in [3.8, 4) is 6.07 Å². The lowest BCUT2D eigenvalue weighted by atomic mass is 9.72. The Bertz CT molecular complexity index is 1750. The van der Waals surface area contributed by atoms with Crippen molar-refractivity contribution in [2.45, 2.75) is 141 Å². The van der Waals surface area contributed by atoms with Crippen LogP contribution >= 0.6 is 0 Å². The third-order valence-electron chi connectivity index (χ3n) is 12.9. The van der Waals surface area contributed by atoms with Crippen molar-refractivity contribution < 1.29 is 48.0 Å². The summed E-state index contributed by atoms with van der Waals surface area (Å²) in [6, 6.07) is 6.44. The first-order valence-electron chi connectivity index (χ1n) is 20.7. The van der Waals surface area contributed by atoms with Crippen LogP contribution in [0.2, 0.25) is 0 Å². The quantitative estimate of drug-likeness (QED) is 0.307.